The Kier molecular flexibility index (Phi) is 4.09. The standard InChI is InChI=1S/C19H24O4/c1-12(2)9-14-17(19(14,3)4)18(20)21-8-7-13-5-6-15-16(10-13)23-11-22-15/h5-6,9-10,14,17H,7-8,11H2,1-4H3/t14-,17-/m0/s1. The van der Waals surface area contributed by atoms with Crippen LogP contribution in [0.1, 0.15) is 33.3 Å². The van der Waals surface area contributed by atoms with Crippen molar-refractivity contribution in [2.24, 2.45) is 17.3 Å². The molecule has 23 heavy (non-hydrogen) atoms. The third-order valence-electron chi connectivity index (χ3n) is 4.75. The fourth-order valence-corrected chi connectivity index (χ4v) is 3.25. The molecule has 0 aromatic heterocycles. The van der Waals surface area contributed by atoms with E-state index in [0.717, 1.165) is 17.1 Å². The second-order valence-electron chi connectivity index (χ2n) is 7.17. The number of carbonyl (C=O) groups excluding carboxylic acids is 1. The molecule has 1 aromatic rings. The highest BCUT2D eigenvalue weighted by Gasteiger charge is 2.61. The number of carbonyl (C=O) groups is 1. The summed E-state index contributed by atoms with van der Waals surface area (Å²) in [6.45, 7) is 9.05. The molecule has 1 fully saturated rings. The maximum Gasteiger partial charge on any atom is 0.310 e. The highest BCUT2D eigenvalue weighted by atomic mass is 16.7. The van der Waals surface area contributed by atoms with Crippen LogP contribution in [0.3, 0.4) is 0 Å². The lowest BCUT2D eigenvalue weighted by atomic mass is 10.1. The normalized spacial score (nSPS) is 23.3. The van der Waals surface area contributed by atoms with Gasteiger partial charge in [-0.15, -0.1) is 0 Å². The van der Waals surface area contributed by atoms with Gasteiger partial charge in [-0.2, -0.15) is 0 Å². The highest BCUT2D eigenvalue weighted by Crippen LogP contribution is 2.59. The van der Waals surface area contributed by atoms with E-state index in [1.165, 1.54) is 5.57 Å². The van der Waals surface area contributed by atoms with Crippen LogP contribution in [0.25, 0.3) is 0 Å². The summed E-state index contributed by atoms with van der Waals surface area (Å²) in [4.78, 5) is 12.3. The molecule has 4 heteroatoms. The molecular weight excluding hydrogens is 292 g/mol. The van der Waals surface area contributed by atoms with E-state index in [4.69, 9.17) is 14.2 Å². The molecule has 4 nitrogen and oxygen atoms in total. The molecule has 2 atom stereocenters. The summed E-state index contributed by atoms with van der Waals surface area (Å²) in [5.41, 5.74) is 2.34. The molecule has 2 aliphatic rings. The van der Waals surface area contributed by atoms with Crippen molar-refractivity contribution >= 4 is 5.97 Å². The first kappa shape index (κ1) is 15.9. The third kappa shape index (κ3) is 3.21. The molecule has 0 spiro atoms. The van der Waals surface area contributed by atoms with E-state index in [0.29, 0.717) is 18.9 Å². The molecule has 1 saturated carbocycles. The Hall–Kier alpha value is -1.97. The number of benzene rings is 1. The topological polar surface area (TPSA) is 44.8 Å². The van der Waals surface area contributed by atoms with Gasteiger partial charge in [0, 0.05) is 6.42 Å². The van der Waals surface area contributed by atoms with Gasteiger partial charge in [-0.3, -0.25) is 4.79 Å². The van der Waals surface area contributed by atoms with Gasteiger partial charge in [-0.25, -0.2) is 0 Å². The van der Waals surface area contributed by atoms with E-state index in [1.807, 2.05) is 18.2 Å². The van der Waals surface area contributed by atoms with Gasteiger partial charge in [0.2, 0.25) is 6.79 Å². The second kappa shape index (κ2) is 5.91. The maximum absolute atomic E-state index is 12.3. The number of allylic oxidation sites excluding steroid dienone is 2. The molecule has 0 unspecified atom stereocenters. The van der Waals surface area contributed by atoms with E-state index in [2.05, 4.69) is 33.8 Å². The SMILES string of the molecule is CC(C)=C[C@H]1[C@@H](C(=O)OCCc2ccc3c(c2)OCO3)C1(C)C. The molecule has 1 heterocycles. The monoisotopic (exact) mass is 316 g/mol. The van der Waals surface area contributed by atoms with Crippen molar-refractivity contribution in [1.82, 2.24) is 0 Å². The number of hydrogen-bond acceptors (Lipinski definition) is 4. The molecular formula is C19H24O4. The van der Waals surface area contributed by atoms with Crippen LogP contribution < -0.4 is 9.47 Å². The van der Waals surface area contributed by atoms with Gasteiger partial charge in [-0.1, -0.05) is 31.6 Å². The Morgan fingerprint density at radius 2 is 2.04 bits per heavy atom. The predicted octanol–water partition coefficient (Wildman–Crippen LogP) is 3.74. The van der Waals surface area contributed by atoms with E-state index in [9.17, 15) is 4.79 Å². The number of ether oxygens (including phenoxy) is 3. The fraction of sp³-hybridized carbons (Fsp3) is 0.526. The van der Waals surface area contributed by atoms with Gasteiger partial charge in [0.15, 0.2) is 11.5 Å². The average Bonchev–Trinajstić information content (AvgIpc) is 2.85. The number of esters is 1. The van der Waals surface area contributed by atoms with Gasteiger partial charge in [0.05, 0.1) is 12.5 Å². The van der Waals surface area contributed by atoms with Gasteiger partial charge in [-0.05, 0) is 42.9 Å². The molecule has 1 aliphatic heterocycles. The van der Waals surface area contributed by atoms with Crippen molar-refractivity contribution in [3.05, 3.63) is 35.4 Å². The molecule has 0 radical (unpaired) electrons. The van der Waals surface area contributed by atoms with Crippen molar-refractivity contribution in [3.63, 3.8) is 0 Å². The van der Waals surface area contributed by atoms with Crippen LogP contribution in [0.15, 0.2) is 29.8 Å². The van der Waals surface area contributed by atoms with Gasteiger partial charge >= 0.3 is 5.97 Å². The smallest absolute Gasteiger partial charge is 0.310 e. The lowest BCUT2D eigenvalue weighted by Gasteiger charge is -2.06. The van der Waals surface area contributed by atoms with Crippen molar-refractivity contribution < 1.29 is 19.0 Å². The third-order valence-corrected chi connectivity index (χ3v) is 4.75. The second-order valence-corrected chi connectivity index (χ2v) is 7.17. The summed E-state index contributed by atoms with van der Waals surface area (Å²) in [6.07, 6.45) is 2.87. The number of hydrogen-bond donors (Lipinski definition) is 0. The van der Waals surface area contributed by atoms with Crippen molar-refractivity contribution in [1.29, 1.82) is 0 Å². The molecule has 0 N–H and O–H groups in total. The molecule has 1 aliphatic carbocycles. The first-order valence-corrected chi connectivity index (χ1v) is 8.10. The summed E-state index contributed by atoms with van der Waals surface area (Å²) in [5, 5.41) is 0. The average molecular weight is 316 g/mol. The Morgan fingerprint density at radius 3 is 2.78 bits per heavy atom. The quantitative estimate of drug-likeness (QED) is 0.613. The Labute approximate surface area is 137 Å². The van der Waals surface area contributed by atoms with E-state index < -0.39 is 0 Å². The van der Waals surface area contributed by atoms with Gasteiger partial charge < -0.3 is 14.2 Å². The predicted molar refractivity (Wildman–Crippen MR) is 87.4 cm³/mol. The van der Waals surface area contributed by atoms with Crippen LogP contribution in [0.5, 0.6) is 11.5 Å². The minimum absolute atomic E-state index is 0.00705. The van der Waals surface area contributed by atoms with E-state index >= 15 is 0 Å². The van der Waals surface area contributed by atoms with E-state index in [-0.39, 0.29) is 24.1 Å². The first-order chi connectivity index (χ1) is 10.9. The molecule has 1 aromatic carbocycles. The number of fused-ring (bicyclic) bond motifs is 1. The van der Waals surface area contributed by atoms with Gasteiger partial charge in [0.1, 0.15) is 0 Å². The van der Waals surface area contributed by atoms with Crippen molar-refractivity contribution in [3.8, 4) is 11.5 Å². The van der Waals surface area contributed by atoms with Crippen molar-refractivity contribution in [2.75, 3.05) is 13.4 Å². The highest BCUT2D eigenvalue weighted by molar-refractivity contribution is 5.78. The van der Waals surface area contributed by atoms with Crippen molar-refractivity contribution in [2.45, 2.75) is 34.1 Å². The molecule has 0 amide bonds. The zero-order valence-corrected chi connectivity index (χ0v) is 14.2. The summed E-state index contributed by atoms with van der Waals surface area (Å²) in [6, 6.07) is 5.83. The fourth-order valence-electron chi connectivity index (χ4n) is 3.25. The Morgan fingerprint density at radius 1 is 1.30 bits per heavy atom. The zero-order chi connectivity index (χ0) is 16.6. The van der Waals surface area contributed by atoms with Crippen LogP contribution in [0.4, 0.5) is 0 Å². The first-order valence-electron chi connectivity index (χ1n) is 8.10. The summed E-state index contributed by atoms with van der Waals surface area (Å²) >= 11 is 0. The van der Waals surface area contributed by atoms with Crippen LogP contribution in [-0.2, 0) is 16.0 Å². The molecule has 124 valence electrons. The number of rotatable bonds is 5. The van der Waals surface area contributed by atoms with Crippen LogP contribution in [0, 0.1) is 17.3 Å². The molecule has 0 saturated heterocycles. The van der Waals surface area contributed by atoms with Crippen LogP contribution in [0.2, 0.25) is 0 Å². The zero-order valence-electron chi connectivity index (χ0n) is 14.2. The molecule has 3 rings (SSSR count). The Balaban J connectivity index is 1.51. The minimum atomic E-state index is -0.0850. The van der Waals surface area contributed by atoms with Crippen LogP contribution in [-0.4, -0.2) is 19.4 Å². The Bertz CT molecular complexity index is 641. The lowest BCUT2D eigenvalue weighted by Crippen LogP contribution is -2.12. The van der Waals surface area contributed by atoms with E-state index in [1.54, 1.807) is 0 Å². The molecule has 0 bridgehead atoms. The van der Waals surface area contributed by atoms with Gasteiger partial charge in [0.25, 0.3) is 0 Å². The summed E-state index contributed by atoms with van der Waals surface area (Å²) in [5.74, 6) is 1.73. The summed E-state index contributed by atoms with van der Waals surface area (Å²) in [7, 11) is 0. The lowest BCUT2D eigenvalue weighted by molar-refractivity contribution is -0.146. The largest absolute Gasteiger partial charge is 0.465 e. The summed E-state index contributed by atoms with van der Waals surface area (Å²) < 4.78 is 16.1. The minimum Gasteiger partial charge on any atom is -0.465 e. The maximum atomic E-state index is 12.3. The van der Waals surface area contributed by atoms with Crippen LogP contribution >= 0.6 is 0 Å².